The molecule has 0 spiro atoms. The molecule has 4 heterocycles. The molecule has 6 heteroatoms. The van der Waals surface area contributed by atoms with E-state index in [0.717, 1.165) is 41.8 Å². The number of hydrogen-bond donors (Lipinski definition) is 0. The third kappa shape index (κ3) is 3.72. The monoisotopic (exact) mass is 368 g/mol. The largest absolute Gasteiger partial charge is 0.351 e. The number of hydrogen-bond acceptors (Lipinski definition) is 5. The van der Waals surface area contributed by atoms with Crippen LogP contribution in [0.25, 0.3) is 11.4 Å². The number of aromatic nitrogens is 4. The van der Waals surface area contributed by atoms with Crippen LogP contribution in [0, 0.1) is 18.3 Å². The molecule has 2 aromatic heterocycles. The predicted octanol–water partition coefficient (Wildman–Crippen LogP) is 3.13. The summed E-state index contributed by atoms with van der Waals surface area (Å²) in [5, 5.41) is 13.4. The van der Waals surface area contributed by atoms with Crippen molar-refractivity contribution < 1.29 is 0 Å². The standard InChI is InChI=1S/C21H32N6/c1-15-12-22-25(5)20(15)17-6-7-19(24-23-17)27-10-8-16-13-26(14-18(16)27)11-9-21(2,3)4/h6-7,12,16,18H,8-11,13-14H2,1-5H3. The van der Waals surface area contributed by atoms with Gasteiger partial charge < -0.3 is 9.80 Å². The summed E-state index contributed by atoms with van der Waals surface area (Å²) >= 11 is 0. The van der Waals surface area contributed by atoms with E-state index in [-0.39, 0.29) is 0 Å². The third-order valence-corrected chi connectivity index (χ3v) is 6.11. The molecule has 2 aliphatic heterocycles. The van der Waals surface area contributed by atoms with Crippen LogP contribution in [0.5, 0.6) is 0 Å². The van der Waals surface area contributed by atoms with E-state index >= 15 is 0 Å². The lowest BCUT2D eigenvalue weighted by Gasteiger charge is -2.27. The summed E-state index contributed by atoms with van der Waals surface area (Å²) in [4.78, 5) is 5.13. The second kappa shape index (κ2) is 6.89. The number of fused-ring (bicyclic) bond motifs is 1. The minimum atomic E-state index is 0.405. The van der Waals surface area contributed by atoms with Crippen molar-refractivity contribution in [3.8, 4) is 11.4 Å². The van der Waals surface area contributed by atoms with Gasteiger partial charge >= 0.3 is 0 Å². The minimum Gasteiger partial charge on any atom is -0.351 e. The molecule has 2 aliphatic rings. The van der Waals surface area contributed by atoms with Gasteiger partial charge in [-0.15, -0.1) is 10.2 Å². The number of aryl methyl sites for hydroxylation is 2. The van der Waals surface area contributed by atoms with Gasteiger partial charge in [-0.3, -0.25) is 4.68 Å². The van der Waals surface area contributed by atoms with Gasteiger partial charge in [0.15, 0.2) is 5.82 Å². The average Bonchev–Trinajstić information content (AvgIpc) is 3.27. The molecule has 2 saturated heterocycles. The molecule has 0 amide bonds. The Hall–Kier alpha value is -1.95. The minimum absolute atomic E-state index is 0.405. The maximum atomic E-state index is 4.59. The van der Waals surface area contributed by atoms with Crippen molar-refractivity contribution in [1.29, 1.82) is 0 Å². The van der Waals surface area contributed by atoms with Crippen molar-refractivity contribution in [1.82, 2.24) is 24.9 Å². The zero-order valence-electron chi connectivity index (χ0n) is 17.3. The van der Waals surface area contributed by atoms with E-state index in [9.17, 15) is 0 Å². The zero-order valence-corrected chi connectivity index (χ0v) is 17.3. The highest BCUT2D eigenvalue weighted by atomic mass is 15.3. The Morgan fingerprint density at radius 1 is 1.15 bits per heavy atom. The number of rotatable bonds is 4. The fraction of sp³-hybridized carbons (Fsp3) is 0.667. The van der Waals surface area contributed by atoms with Crippen LogP contribution in [0.2, 0.25) is 0 Å². The maximum Gasteiger partial charge on any atom is 0.151 e. The van der Waals surface area contributed by atoms with Crippen LogP contribution in [0.1, 0.15) is 39.2 Å². The molecule has 4 rings (SSSR count). The van der Waals surface area contributed by atoms with Gasteiger partial charge in [-0.2, -0.15) is 5.10 Å². The average molecular weight is 369 g/mol. The quantitative estimate of drug-likeness (QED) is 0.830. The molecule has 0 N–H and O–H groups in total. The van der Waals surface area contributed by atoms with Crippen LogP contribution in [0.4, 0.5) is 5.82 Å². The van der Waals surface area contributed by atoms with Gasteiger partial charge in [0.1, 0.15) is 5.69 Å². The fourth-order valence-electron chi connectivity index (χ4n) is 4.53. The molecular weight excluding hydrogens is 336 g/mol. The molecule has 0 aromatic carbocycles. The second-order valence-electron chi connectivity index (χ2n) is 9.46. The molecule has 2 fully saturated rings. The molecule has 0 aliphatic carbocycles. The van der Waals surface area contributed by atoms with Crippen molar-refractivity contribution >= 4 is 5.82 Å². The lowest BCUT2D eigenvalue weighted by Crippen LogP contribution is -2.36. The van der Waals surface area contributed by atoms with Crippen LogP contribution in [0.15, 0.2) is 18.3 Å². The van der Waals surface area contributed by atoms with E-state index in [1.807, 2.05) is 17.9 Å². The van der Waals surface area contributed by atoms with Crippen molar-refractivity contribution in [2.75, 3.05) is 31.1 Å². The topological polar surface area (TPSA) is 50.1 Å². The SMILES string of the molecule is Cc1cnn(C)c1-c1ccc(N2CCC3CN(CCC(C)(C)C)CC32)nn1. The Morgan fingerprint density at radius 2 is 1.96 bits per heavy atom. The molecule has 0 saturated carbocycles. The Morgan fingerprint density at radius 3 is 2.59 bits per heavy atom. The first-order valence-corrected chi connectivity index (χ1v) is 10.1. The van der Waals surface area contributed by atoms with E-state index in [2.05, 4.69) is 64.9 Å². The molecule has 146 valence electrons. The highest BCUT2D eigenvalue weighted by Crippen LogP contribution is 2.35. The van der Waals surface area contributed by atoms with Crippen LogP contribution in [-0.4, -0.2) is 57.1 Å². The summed E-state index contributed by atoms with van der Waals surface area (Å²) in [6.07, 6.45) is 4.40. The number of likely N-dealkylation sites (tertiary alicyclic amines) is 1. The molecule has 2 atom stereocenters. The summed E-state index contributed by atoms with van der Waals surface area (Å²) in [5.74, 6) is 1.79. The highest BCUT2D eigenvalue weighted by Gasteiger charge is 2.41. The Labute approximate surface area is 162 Å². The summed E-state index contributed by atoms with van der Waals surface area (Å²) < 4.78 is 1.87. The van der Waals surface area contributed by atoms with E-state index in [4.69, 9.17) is 0 Å². The van der Waals surface area contributed by atoms with Gasteiger partial charge in [0, 0.05) is 32.7 Å². The van der Waals surface area contributed by atoms with E-state index in [0.29, 0.717) is 11.5 Å². The molecule has 27 heavy (non-hydrogen) atoms. The Bertz CT molecular complexity index is 768. The van der Waals surface area contributed by atoms with Gasteiger partial charge in [-0.1, -0.05) is 20.8 Å². The lowest BCUT2D eigenvalue weighted by molar-refractivity contribution is 0.254. The fourth-order valence-corrected chi connectivity index (χ4v) is 4.53. The van der Waals surface area contributed by atoms with Gasteiger partial charge in [0.2, 0.25) is 0 Å². The number of anilines is 1. The van der Waals surface area contributed by atoms with E-state index in [1.54, 1.807) is 0 Å². The molecule has 2 unspecified atom stereocenters. The molecule has 6 nitrogen and oxygen atoms in total. The normalized spacial score (nSPS) is 23.2. The van der Waals surface area contributed by atoms with Crippen molar-refractivity contribution in [2.24, 2.45) is 18.4 Å². The van der Waals surface area contributed by atoms with Crippen molar-refractivity contribution in [3.05, 3.63) is 23.9 Å². The molecule has 0 bridgehead atoms. The molecular formula is C21H32N6. The smallest absolute Gasteiger partial charge is 0.151 e. The Balaban J connectivity index is 1.45. The lowest BCUT2D eigenvalue weighted by atomic mass is 9.92. The summed E-state index contributed by atoms with van der Waals surface area (Å²) in [7, 11) is 1.95. The molecule has 0 radical (unpaired) electrons. The van der Waals surface area contributed by atoms with Gasteiger partial charge in [-0.25, -0.2) is 0 Å². The third-order valence-electron chi connectivity index (χ3n) is 6.11. The second-order valence-corrected chi connectivity index (χ2v) is 9.46. The zero-order chi connectivity index (χ0) is 19.2. The van der Waals surface area contributed by atoms with Gasteiger partial charge in [0.25, 0.3) is 0 Å². The number of nitrogens with zero attached hydrogens (tertiary/aromatic N) is 6. The first-order chi connectivity index (χ1) is 12.8. The Kier molecular flexibility index (Phi) is 4.70. The first-order valence-electron chi connectivity index (χ1n) is 10.1. The summed E-state index contributed by atoms with van der Waals surface area (Å²) in [5.41, 5.74) is 3.47. The summed E-state index contributed by atoms with van der Waals surface area (Å²) in [6, 6.07) is 4.81. The van der Waals surface area contributed by atoms with Gasteiger partial charge in [-0.05, 0) is 55.3 Å². The van der Waals surface area contributed by atoms with Crippen LogP contribution >= 0.6 is 0 Å². The van der Waals surface area contributed by atoms with Crippen LogP contribution in [-0.2, 0) is 7.05 Å². The molecule has 2 aromatic rings. The van der Waals surface area contributed by atoms with E-state index < -0.39 is 0 Å². The van der Waals surface area contributed by atoms with E-state index in [1.165, 1.54) is 25.9 Å². The highest BCUT2D eigenvalue weighted by molar-refractivity contribution is 5.59. The first kappa shape index (κ1) is 18.4. The van der Waals surface area contributed by atoms with Crippen LogP contribution < -0.4 is 4.90 Å². The maximum absolute atomic E-state index is 4.59. The van der Waals surface area contributed by atoms with Crippen molar-refractivity contribution in [3.63, 3.8) is 0 Å². The van der Waals surface area contributed by atoms with Crippen molar-refractivity contribution in [2.45, 2.75) is 46.6 Å². The van der Waals surface area contributed by atoms with Crippen LogP contribution in [0.3, 0.4) is 0 Å². The summed E-state index contributed by atoms with van der Waals surface area (Å²) in [6.45, 7) is 13.7. The predicted molar refractivity (Wildman–Crippen MR) is 109 cm³/mol. The van der Waals surface area contributed by atoms with Gasteiger partial charge in [0.05, 0.1) is 11.9 Å².